The molecule has 6 heteroatoms. The summed E-state index contributed by atoms with van der Waals surface area (Å²) in [6.07, 6.45) is 5.54. The second-order valence-corrected chi connectivity index (χ2v) is 6.90. The molecule has 0 aromatic heterocycles. The van der Waals surface area contributed by atoms with Crippen molar-refractivity contribution in [2.45, 2.75) is 51.1 Å². The van der Waals surface area contributed by atoms with Crippen molar-refractivity contribution in [3.8, 4) is 0 Å². The van der Waals surface area contributed by atoms with E-state index in [0.29, 0.717) is 13.0 Å². The predicted molar refractivity (Wildman–Crippen MR) is 93.4 cm³/mol. The Labute approximate surface area is 148 Å². The Balaban J connectivity index is 1.52. The summed E-state index contributed by atoms with van der Waals surface area (Å²) < 4.78 is 13.2. The summed E-state index contributed by atoms with van der Waals surface area (Å²) in [5.74, 6) is -0.0595. The molecule has 2 saturated heterocycles. The molecule has 1 atom stereocenters. The largest absolute Gasteiger partial charge is 0.343 e. The number of halogens is 1. The lowest BCUT2D eigenvalue weighted by Crippen LogP contribution is -2.49. The molecule has 0 saturated carbocycles. The van der Waals surface area contributed by atoms with Gasteiger partial charge in [0.2, 0.25) is 5.91 Å². The van der Waals surface area contributed by atoms with Crippen LogP contribution in [0.1, 0.15) is 44.1 Å². The number of benzene rings is 1. The van der Waals surface area contributed by atoms with Crippen molar-refractivity contribution < 1.29 is 14.0 Å². The van der Waals surface area contributed by atoms with E-state index in [0.717, 1.165) is 57.3 Å². The normalized spacial score (nSPS) is 20.8. The second kappa shape index (κ2) is 8.32. The van der Waals surface area contributed by atoms with Crippen molar-refractivity contribution in [1.29, 1.82) is 0 Å². The maximum atomic E-state index is 13.2. The second-order valence-electron chi connectivity index (χ2n) is 6.90. The molecule has 1 aromatic carbocycles. The molecule has 136 valence electrons. The summed E-state index contributed by atoms with van der Waals surface area (Å²) in [6.45, 7) is 2.65. The molecule has 3 amide bonds. The van der Waals surface area contributed by atoms with Gasteiger partial charge >= 0.3 is 6.03 Å². The van der Waals surface area contributed by atoms with Gasteiger partial charge in [-0.25, -0.2) is 9.18 Å². The lowest BCUT2D eigenvalue weighted by atomic mass is 9.99. The van der Waals surface area contributed by atoms with E-state index in [1.807, 2.05) is 9.80 Å². The number of hydrogen-bond acceptors (Lipinski definition) is 2. The molecule has 0 radical (unpaired) electrons. The summed E-state index contributed by atoms with van der Waals surface area (Å²) in [6, 6.07) is 6.36. The summed E-state index contributed by atoms with van der Waals surface area (Å²) in [5.41, 5.74) is 0.754. The van der Waals surface area contributed by atoms with E-state index >= 15 is 0 Å². The molecule has 0 bridgehead atoms. The highest BCUT2D eigenvalue weighted by Gasteiger charge is 2.28. The molecule has 2 heterocycles. The van der Waals surface area contributed by atoms with E-state index in [9.17, 15) is 14.0 Å². The zero-order chi connectivity index (χ0) is 17.6. The Morgan fingerprint density at radius 3 is 2.88 bits per heavy atom. The van der Waals surface area contributed by atoms with Crippen molar-refractivity contribution in [3.05, 3.63) is 35.6 Å². The van der Waals surface area contributed by atoms with Crippen LogP contribution in [0.4, 0.5) is 9.18 Å². The van der Waals surface area contributed by atoms with E-state index < -0.39 is 0 Å². The first-order valence-corrected chi connectivity index (χ1v) is 9.20. The minimum Gasteiger partial charge on any atom is -0.343 e. The number of urea groups is 1. The Hall–Kier alpha value is -2.11. The molecule has 2 aliphatic rings. The van der Waals surface area contributed by atoms with Crippen LogP contribution in [-0.2, 0) is 11.3 Å². The summed E-state index contributed by atoms with van der Waals surface area (Å²) in [4.78, 5) is 28.1. The van der Waals surface area contributed by atoms with Gasteiger partial charge in [0, 0.05) is 38.6 Å². The van der Waals surface area contributed by atoms with Crippen LogP contribution in [0.15, 0.2) is 24.3 Å². The summed E-state index contributed by atoms with van der Waals surface area (Å²) >= 11 is 0. The number of nitrogens with zero attached hydrogens (tertiary/aromatic N) is 2. The molecule has 1 N–H and O–H groups in total. The van der Waals surface area contributed by atoms with Crippen LogP contribution in [0, 0.1) is 5.82 Å². The van der Waals surface area contributed by atoms with Crippen molar-refractivity contribution in [2.75, 3.05) is 19.6 Å². The van der Waals surface area contributed by atoms with Gasteiger partial charge < -0.3 is 15.1 Å². The van der Waals surface area contributed by atoms with Crippen molar-refractivity contribution in [1.82, 2.24) is 15.1 Å². The first-order chi connectivity index (χ1) is 12.1. The van der Waals surface area contributed by atoms with E-state index in [2.05, 4.69) is 5.32 Å². The zero-order valence-electron chi connectivity index (χ0n) is 14.5. The molecular formula is C19H26FN3O2. The van der Waals surface area contributed by atoms with E-state index in [1.54, 1.807) is 12.1 Å². The average Bonchev–Trinajstić information content (AvgIpc) is 3.03. The molecule has 1 aromatic rings. The molecular weight excluding hydrogens is 321 g/mol. The van der Waals surface area contributed by atoms with Crippen LogP contribution >= 0.6 is 0 Å². The number of rotatable bonds is 5. The van der Waals surface area contributed by atoms with Crippen LogP contribution < -0.4 is 5.32 Å². The fraction of sp³-hybridized carbons (Fsp3) is 0.579. The maximum absolute atomic E-state index is 13.2. The fourth-order valence-corrected chi connectivity index (χ4v) is 3.74. The van der Waals surface area contributed by atoms with Gasteiger partial charge in [0.05, 0.1) is 0 Å². The van der Waals surface area contributed by atoms with E-state index in [-0.39, 0.29) is 23.8 Å². The van der Waals surface area contributed by atoms with Crippen molar-refractivity contribution in [3.63, 3.8) is 0 Å². The molecule has 3 rings (SSSR count). The first kappa shape index (κ1) is 17.7. The zero-order valence-corrected chi connectivity index (χ0v) is 14.5. The molecule has 2 aliphatic heterocycles. The van der Waals surface area contributed by atoms with Gasteiger partial charge in [0.15, 0.2) is 0 Å². The van der Waals surface area contributed by atoms with Crippen molar-refractivity contribution in [2.24, 2.45) is 0 Å². The third kappa shape index (κ3) is 4.71. The number of hydrogen-bond donors (Lipinski definition) is 1. The van der Waals surface area contributed by atoms with Gasteiger partial charge in [-0.15, -0.1) is 0 Å². The van der Waals surface area contributed by atoms with E-state index in [4.69, 9.17) is 0 Å². The number of carbonyl (C=O) groups is 2. The lowest BCUT2D eigenvalue weighted by Gasteiger charge is -2.36. The summed E-state index contributed by atoms with van der Waals surface area (Å²) in [5, 5.41) is 2.90. The lowest BCUT2D eigenvalue weighted by molar-refractivity contribution is -0.127. The topological polar surface area (TPSA) is 52.7 Å². The highest BCUT2D eigenvalue weighted by Crippen LogP contribution is 2.21. The number of likely N-dealkylation sites (tertiary alicyclic amines) is 2. The van der Waals surface area contributed by atoms with Crippen LogP contribution in [0.2, 0.25) is 0 Å². The van der Waals surface area contributed by atoms with Crippen LogP contribution in [0.5, 0.6) is 0 Å². The average molecular weight is 347 g/mol. The van der Waals surface area contributed by atoms with Crippen LogP contribution in [0.25, 0.3) is 0 Å². The van der Waals surface area contributed by atoms with Gasteiger partial charge in [-0.2, -0.15) is 0 Å². The number of nitrogens with one attached hydrogen (secondary N) is 1. The van der Waals surface area contributed by atoms with E-state index in [1.165, 1.54) is 12.1 Å². The van der Waals surface area contributed by atoms with Gasteiger partial charge in [-0.3, -0.25) is 4.79 Å². The quantitative estimate of drug-likeness (QED) is 0.890. The minimum atomic E-state index is -0.294. The van der Waals surface area contributed by atoms with Gasteiger partial charge in [-0.1, -0.05) is 12.1 Å². The fourth-order valence-electron chi connectivity index (χ4n) is 3.74. The minimum absolute atomic E-state index is 0.0956. The number of carbonyl (C=O) groups excluding carboxylic acids is 2. The Bertz CT molecular complexity index is 622. The Morgan fingerprint density at radius 1 is 1.24 bits per heavy atom. The first-order valence-electron chi connectivity index (χ1n) is 9.20. The van der Waals surface area contributed by atoms with Gasteiger partial charge in [-0.05, 0) is 49.8 Å². The number of amides is 3. The molecule has 0 aliphatic carbocycles. The predicted octanol–water partition coefficient (Wildman–Crippen LogP) is 2.90. The third-order valence-electron chi connectivity index (χ3n) is 5.12. The molecule has 0 spiro atoms. The SMILES string of the molecule is O=C1CCCN1CC[C@H]1CCCCN1C(=O)NCc1cccc(F)c1. The highest BCUT2D eigenvalue weighted by molar-refractivity contribution is 5.78. The standard InChI is InChI=1S/C19H26FN3O2/c20-16-6-3-5-15(13-16)14-21-19(25)23-11-2-1-7-17(23)9-12-22-10-4-8-18(22)24/h3,5-6,13,17H,1-2,4,7-12,14H2,(H,21,25)/t17-/m1/s1. The third-order valence-corrected chi connectivity index (χ3v) is 5.12. The molecule has 0 unspecified atom stereocenters. The van der Waals surface area contributed by atoms with Gasteiger partial charge in [0.25, 0.3) is 0 Å². The highest BCUT2D eigenvalue weighted by atomic mass is 19.1. The Kier molecular flexibility index (Phi) is 5.89. The summed E-state index contributed by atoms with van der Waals surface area (Å²) in [7, 11) is 0. The maximum Gasteiger partial charge on any atom is 0.317 e. The van der Waals surface area contributed by atoms with Crippen LogP contribution in [-0.4, -0.2) is 47.4 Å². The van der Waals surface area contributed by atoms with Gasteiger partial charge in [0.1, 0.15) is 5.82 Å². The Morgan fingerprint density at radius 2 is 2.12 bits per heavy atom. The molecule has 25 heavy (non-hydrogen) atoms. The number of piperidine rings is 1. The van der Waals surface area contributed by atoms with Crippen LogP contribution in [0.3, 0.4) is 0 Å². The smallest absolute Gasteiger partial charge is 0.317 e. The molecule has 5 nitrogen and oxygen atoms in total. The van der Waals surface area contributed by atoms with Crippen molar-refractivity contribution >= 4 is 11.9 Å². The monoisotopic (exact) mass is 347 g/mol. The molecule has 2 fully saturated rings.